The molecule has 0 saturated carbocycles. The zero-order valence-electron chi connectivity index (χ0n) is 16.5. The second-order valence-corrected chi connectivity index (χ2v) is 7.20. The number of para-hydroxylation sites is 2. The lowest BCUT2D eigenvalue weighted by molar-refractivity contribution is -0.122. The third-order valence-corrected chi connectivity index (χ3v) is 5.26. The SMILES string of the molecule is CCN(CCCNC(=O)CC[C@H]1Cc2ccccc2NC1=O)c1ccccc1. The Balaban J connectivity index is 1.36. The largest absolute Gasteiger partial charge is 0.372 e. The number of hydrogen-bond donors (Lipinski definition) is 2. The smallest absolute Gasteiger partial charge is 0.227 e. The van der Waals surface area contributed by atoms with E-state index in [2.05, 4.69) is 34.6 Å². The maximum absolute atomic E-state index is 12.2. The molecule has 5 nitrogen and oxygen atoms in total. The Morgan fingerprint density at radius 1 is 1.14 bits per heavy atom. The molecule has 1 aliphatic heterocycles. The fraction of sp³-hybridized carbons (Fsp3) is 0.391. The molecule has 28 heavy (non-hydrogen) atoms. The molecule has 0 radical (unpaired) electrons. The van der Waals surface area contributed by atoms with Crippen molar-refractivity contribution in [2.75, 3.05) is 29.9 Å². The van der Waals surface area contributed by atoms with Crippen molar-refractivity contribution >= 4 is 23.2 Å². The average Bonchev–Trinajstić information content (AvgIpc) is 2.73. The van der Waals surface area contributed by atoms with E-state index in [1.54, 1.807) is 0 Å². The fourth-order valence-electron chi connectivity index (χ4n) is 3.65. The molecule has 0 aliphatic carbocycles. The summed E-state index contributed by atoms with van der Waals surface area (Å²) in [4.78, 5) is 26.7. The van der Waals surface area contributed by atoms with Gasteiger partial charge in [0.2, 0.25) is 11.8 Å². The normalized spacial score (nSPS) is 15.5. The average molecular weight is 380 g/mol. The number of fused-ring (bicyclic) bond motifs is 1. The summed E-state index contributed by atoms with van der Waals surface area (Å²) in [5.74, 6) is -0.0864. The Bertz CT molecular complexity index is 791. The van der Waals surface area contributed by atoms with Gasteiger partial charge in [0, 0.05) is 43.3 Å². The molecule has 0 unspecified atom stereocenters. The molecule has 3 rings (SSSR count). The monoisotopic (exact) mass is 379 g/mol. The Kier molecular flexibility index (Phi) is 7.06. The van der Waals surface area contributed by atoms with E-state index in [1.807, 2.05) is 42.5 Å². The second-order valence-electron chi connectivity index (χ2n) is 7.20. The maximum atomic E-state index is 12.2. The van der Waals surface area contributed by atoms with Gasteiger partial charge in [-0.3, -0.25) is 9.59 Å². The number of carbonyl (C=O) groups excluding carboxylic acids is 2. The lowest BCUT2D eigenvalue weighted by atomic mass is 9.89. The highest BCUT2D eigenvalue weighted by atomic mass is 16.2. The van der Waals surface area contributed by atoms with Gasteiger partial charge in [0.05, 0.1) is 0 Å². The van der Waals surface area contributed by atoms with Gasteiger partial charge in [0.15, 0.2) is 0 Å². The lowest BCUT2D eigenvalue weighted by Crippen LogP contribution is -2.32. The minimum Gasteiger partial charge on any atom is -0.372 e. The molecule has 1 atom stereocenters. The lowest BCUT2D eigenvalue weighted by Gasteiger charge is -2.24. The van der Waals surface area contributed by atoms with Crippen LogP contribution < -0.4 is 15.5 Å². The van der Waals surface area contributed by atoms with Crippen molar-refractivity contribution < 1.29 is 9.59 Å². The highest BCUT2D eigenvalue weighted by molar-refractivity contribution is 5.96. The van der Waals surface area contributed by atoms with Crippen LogP contribution in [0.4, 0.5) is 11.4 Å². The zero-order chi connectivity index (χ0) is 19.8. The molecule has 1 heterocycles. The van der Waals surface area contributed by atoms with Crippen molar-refractivity contribution in [3.63, 3.8) is 0 Å². The first-order valence-corrected chi connectivity index (χ1v) is 10.1. The number of nitrogens with zero attached hydrogens (tertiary/aromatic N) is 1. The van der Waals surface area contributed by atoms with Crippen LogP contribution in [0, 0.1) is 5.92 Å². The Labute approximate surface area is 167 Å². The van der Waals surface area contributed by atoms with Crippen LogP contribution in [0.3, 0.4) is 0 Å². The summed E-state index contributed by atoms with van der Waals surface area (Å²) >= 11 is 0. The van der Waals surface area contributed by atoms with Gasteiger partial charge < -0.3 is 15.5 Å². The standard InChI is InChI=1S/C23H29N3O2/c1-2-26(20-10-4-3-5-11-20)16-8-15-24-22(27)14-13-19-17-18-9-6-7-12-21(18)25-23(19)28/h3-7,9-12,19H,2,8,13-17H2,1H3,(H,24,27)(H,25,28)/t19-/m0/s1. The predicted molar refractivity (Wildman–Crippen MR) is 113 cm³/mol. The number of amides is 2. The molecule has 0 fully saturated rings. The van der Waals surface area contributed by atoms with Gasteiger partial charge in [-0.05, 0) is 49.9 Å². The Morgan fingerprint density at radius 2 is 1.89 bits per heavy atom. The van der Waals surface area contributed by atoms with E-state index in [-0.39, 0.29) is 17.7 Å². The second kappa shape index (κ2) is 9.93. The van der Waals surface area contributed by atoms with Crippen LogP contribution >= 0.6 is 0 Å². The van der Waals surface area contributed by atoms with E-state index in [9.17, 15) is 9.59 Å². The zero-order valence-corrected chi connectivity index (χ0v) is 16.5. The number of benzene rings is 2. The first-order valence-electron chi connectivity index (χ1n) is 10.1. The van der Waals surface area contributed by atoms with Gasteiger partial charge in [-0.1, -0.05) is 36.4 Å². The van der Waals surface area contributed by atoms with E-state index >= 15 is 0 Å². The molecule has 0 aromatic heterocycles. The molecule has 148 valence electrons. The molecule has 5 heteroatoms. The topological polar surface area (TPSA) is 61.4 Å². The summed E-state index contributed by atoms with van der Waals surface area (Å²) in [7, 11) is 0. The van der Waals surface area contributed by atoms with E-state index in [0.29, 0.717) is 25.8 Å². The highest BCUT2D eigenvalue weighted by Gasteiger charge is 2.26. The first kappa shape index (κ1) is 19.9. The molecule has 0 spiro atoms. The van der Waals surface area contributed by atoms with Crippen LogP contribution in [0.2, 0.25) is 0 Å². The maximum Gasteiger partial charge on any atom is 0.227 e. The molecule has 0 saturated heterocycles. The molecular formula is C23H29N3O2. The van der Waals surface area contributed by atoms with Crippen molar-refractivity contribution in [3.8, 4) is 0 Å². The Morgan fingerprint density at radius 3 is 2.68 bits per heavy atom. The van der Waals surface area contributed by atoms with Crippen molar-refractivity contribution in [2.45, 2.75) is 32.6 Å². The molecule has 2 aromatic carbocycles. The van der Waals surface area contributed by atoms with Gasteiger partial charge in [-0.2, -0.15) is 0 Å². The fourth-order valence-corrected chi connectivity index (χ4v) is 3.65. The van der Waals surface area contributed by atoms with Gasteiger partial charge in [0.25, 0.3) is 0 Å². The van der Waals surface area contributed by atoms with Gasteiger partial charge in [-0.15, -0.1) is 0 Å². The third-order valence-electron chi connectivity index (χ3n) is 5.26. The third kappa shape index (κ3) is 5.35. The van der Waals surface area contributed by atoms with Crippen molar-refractivity contribution in [2.24, 2.45) is 5.92 Å². The van der Waals surface area contributed by atoms with E-state index in [0.717, 1.165) is 30.8 Å². The minimum absolute atomic E-state index is 0.0212. The number of rotatable bonds is 9. The Hall–Kier alpha value is -2.82. The summed E-state index contributed by atoms with van der Waals surface area (Å²) in [5, 5.41) is 5.93. The summed E-state index contributed by atoms with van der Waals surface area (Å²) in [6.07, 6.45) is 2.57. The van der Waals surface area contributed by atoms with Crippen LogP contribution in [0.15, 0.2) is 54.6 Å². The minimum atomic E-state index is -0.130. The number of anilines is 2. The van der Waals surface area contributed by atoms with Gasteiger partial charge >= 0.3 is 0 Å². The summed E-state index contributed by atoms with van der Waals surface area (Å²) in [5.41, 5.74) is 3.25. The van der Waals surface area contributed by atoms with Gasteiger partial charge in [-0.25, -0.2) is 0 Å². The quantitative estimate of drug-likeness (QED) is 0.654. The molecule has 0 bridgehead atoms. The first-order chi connectivity index (χ1) is 13.7. The molecule has 1 aliphatic rings. The molecule has 2 aromatic rings. The molecular weight excluding hydrogens is 350 g/mol. The van der Waals surface area contributed by atoms with Crippen LogP contribution in [-0.4, -0.2) is 31.4 Å². The van der Waals surface area contributed by atoms with Crippen LogP contribution in [-0.2, 0) is 16.0 Å². The van der Waals surface area contributed by atoms with E-state index in [4.69, 9.17) is 0 Å². The number of nitrogens with one attached hydrogen (secondary N) is 2. The van der Waals surface area contributed by atoms with Crippen molar-refractivity contribution in [1.82, 2.24) is 5.32 Å². The molecule has 2 amide bonds. The molecule has 2 N–H and O–H groups in total. The summed E-state index contributed by atoms with van der Waals surface area (Å²) in [6.45, 7) is 4.64. The van der Waals surface area contributed by atoms with Crippen LogP contribution in [0.25, 0.3) is 0 Å². The van der Waals surface area contributed by atoms with Gasteiger partial charge in [0.1, 0.15) is 0 Å². The number of hydrogen-bond acceptors (Lipinski definition) is 3. The van der Waals surface area contributed by atoms with Crippen molar-refractivity contribution in [3.05, 3.63) is 60.2 Å². The van der Waals surface area contributed by atoms with Crippen LogP contribution in [0.5, 0.6) is 0 Å². The summed E-state index contributed by atoms with van der Waals surface area (Å²) < 4.78 is 0. The highest BCUT2D eigenvalue weighted by Crippen LogP contribution is 2.27. The van der Waals surface area contributed by atoms with E-state index < -0.39 is 0 Å². The van der Waals surface area contributed by atoms with Crippen molar-refractivity contribution in [1.29, 1.82) is 0 Å². The van der Waals surface area contributed by atoms with E-state index in [1.165, 1.54) is 5.69 Å². The van der Waals surface area contributed by atoms with Crippen LogP contribution in [0.1, 0.15) is 31.7 Å². The summed E-state index contributed by atoms with van der Waals surface area (Å²) in [6, 6.07) is 18.2. The number of carbonyl (C=O) groups is 2. The predicted octanol–water partition coefficient (Wildman–Crippen LogP) is 3.61.